The minimum Gasteiger partial charge on any atom is -0.424 e. The Bertz CT molecular complexity index is 1160. The highest BCUT2D eigenvalue weighted by molar-refractivity contribution is 5.58. The average molecular weight is 529 g/mol. The van der Waals surface area contributed by atoms with Crippen molar-refractivity contribution < 1.29 is 22.3 Å². The van der Waals surface area contributed by atoms with Crippen LogP contribution in [0, 0.1) is 0 Å². The third-order valence-electron chi connectivity index (χ3n) is 7.53. The van der Waals surface area contributed by atoms with E-state index in [-0.39, 0.29) is 11.8 Å². The Balaban J connectivity index is 1.19. The van der Waals surface area contributed by atoms with E-state index in [9.17, 15) is 13.2 Å². The number of oxazole rings is 1. The molecule has 2 fully saturated rings. The molecule has 2 N–H and O–H groups in total. The molecule has 0 radical (unpaired) electrons. The number of halogens is 3. The van der Waals surface area contributed by atoms with Gasteiger partial charge in [-0.2, -0.15) is 0 Å². The Labute approximate surface area is 221 Å². The first-order valence-corrected chi connectivity index (χ1v) is 13.5. The first kappa shape index (κ1) is 26.4. The fraction of sp³-hybridized carbons (Fsp3) is 0.483. The van der Waals surface area contributed by atoms with E-state index >= 15 is 0 Å². The largest absolute Gasteiger partial charge is 0.573 e. The van der Waals surface area contributed by atoms with Gasteiger partial charge in [0, 0.05) is 42.5 Å². The summed E-state index contributed by atoms with van der Waals surface area (Å²) in [6.45, 7) is 4.25. The SMILES string of the molecule is CCc1ccc(N2CCCC(NC3CCCCC3Nc3ncc(-c4ccc(OC(F)(F)F)cc4)o3)C2)cc1. The monoisotopic (exact) mass is 528 g/mol. The van der Waals surface area contributed by atoms with E-state index in [2.05, 4.69) is 56.4 Å². The van der Waals surface area contributed by atoms with E-state index in [4.69, 9.17) is 4.42 Å². The maximum absolute atomic E-state index is 12.4. The normalized spacial score (nSPS) is 22.3. The van der Waals surface area contributed by atoms with Crippen molar-refractivity contribution in [2.45, 2.75) is 76.4 Å². The molecule has 1 aromatic heterocycles. The van der Waals surface area contributed by atoms with Gasteiger partial charge in [0.25, 0.3) is 6.01 Å². The van der Waals surface area contributed by atoms with Crippen LogP contribution in [-0.2, 0) is 6.42 Å². The molecule has 3 aromatic rings. The van der Waals surface area contributed by atoms with Crippen molar-refractivity contribution in [3.63, 3.8) is 0 Å². The molecule has 1 saturated heterocycles. The number of alkyl halides is 3. The summed E-state index contributed by atoms with van der Waals surface area (Å²) in [6, 6.07) is 15.9. The Morgan fingerprint density at radius 1 is 0.974 bits per heavy atom. The van der Waals surface area contributed by atoms with E-state index in [0.29, 0.717) is 29.4 Å². The predicted octanol–water partition coefficient (Wildman–Crippen LogP) is 6.78. The number of aromatic nitrogens is 1. The van der Waals surface area contributed by atoms with Crippen molar-refractivity contribution in [2.24, 2.45) is 0 Å². The molecule has 0 amide bonds. The van der Waals surface area contributed by atoms with Crippen LogP contribution in [0.2, 0.25) is 0 Å². The summed E-state index contributed by atoms with van der Waals surface area (Å²) in [5.74, 6) is 0.220. The minimum atomic E-state index is -4.72. The Hall–Kier alpha value is -3.20. The third-order valence-corrected chi connectivity index (χ3v) is 7.53. The van der Waals surface area contributed by atoms with Crippen LogP contribution in [-0.4, -0.2) is 42.6 Å². The zero-order valence-electron chi connectivity index (χ0n) is 21.6. The maximum Gasteiger partial charge on any atom is 0.573 e. The van der Waals surface area contributed by atoms with Gasteiger partial charge in [-0.15, -0.1) is 13.2 Å². The summed E-state index contributed by atoms with van der Waals surface area (Å²) >= 11 is 0. The van der Waals surface area contributed by atoms with Crippen LogP contribution in [0.4, 0.5) is 24.9 Å². The number of ether oxygens (including phenoxy) is 1. The van der Waals surface area contributed by atoms with Crippen LogP contribution in [0.15, 0.2) is 59.1 Å². The molecular formula is C29H35F3N4O2. The summed E-state index contributed by atoms with van der Waals surface area (Å²) in [6.07, 6.45) is 4.69. The summed E-state index contributed by atoms with van der Waals surface area (Å²) in [5.41, 5.74) is 3.28. The molecule has 2 heterocycles. The lowest BCUT2D eigenvalue weighted by atomic mass is 9.89. The molecule has 38 heavy (non-hydrogen) atoms. The molecule has 5 rings (SSSR count). The van der Waals surface area contributed by atoms with Crippen LogP contribution in [0.3, 0.4) is 0 Å². The molecule has 204 valence electrons. The first-order valence-electron chi connectivity index (χ1n) is 13.5. The highest BCUT2D eigenvalue weighted by Gasteiger charge is 2.32. The van der Waals surface area contributed by atoms with Crippen LogP contribution >= 0.6 is 0 Å². The quantitative estimate of drug-likeness (QED) is 0.336. The number of aryl methyl sites for hydroxylation is 1. The molecule has 9 heteroatoms. The highest BCUT2D eigenvalue weighted by Crippen LogP contribution is 2.30. The number of nitrogens with one attached hydrogen (secondary N) is 2. The number of hydrogen-bond acceptors (Lipinski definition) is 6. The van der Waals surface area contributed by atoms with Crippen LogP contribution in [0.5, 0.6) is 5.75 Å². The summed E-state index contributed by atoms with van der Waals surface area (Å²) in [7, 11) is 0. The molecule has 6 nitrogen and oxygen atoms in total. The second-order valence-electron chi connectivity index (χ2n) is 10.2. The predicted molar refractivity (Wildman–Crippen MR) is 142 cm³/mol. The third kappa shape index (κ3) is 6.81. The lowest BCUT2D eigenvalue weighted by molar-refractivity contribution is -0.274. The van der Waals surface area contributed by atoms with Crippen LogP contribution < -0.4 is 20.3 Å². The molecule has 1 aliphatic carbocycles. The van der Waals surface area contributed by atoms with Gasteiger partial charge in [-0.3, -0.25) is 0 Å². The van der Waals surface area contributed by atoms with Gasteiger partial charge in [-0.05, 0) is 74.1 Å². The van der Waals surface area contributed by atoms with Crippen molar-refractivity contribution in [2.75, 3.05) is 23.3 Å². The van der Waals surface area contributed by atoms with E-state index in [1.54, 1.807) is 6.20 Å². The number of anilines is 2. The lowest BCUT2D eigenvalue weighted by Crippen LogP contribution is -2.54. The van der Waals surface area contributed by atoms with Gasteiger partial charge < -0.3 is 24.7 Å². The van der Waals surface area contributed by atoms with Gasteiger partial charge in [0.05, 0.1) is 6.20 Å². The molecule has 3 atom stereocenters. The molecule has 1 aliphatic heterocycles. The Morgan fingerprint density at radius 2 is 1.71 bits per heavy atom. The van der Waals surface area contributed by atoms with Crippen molar-refractivity contribution in [1.82, 2.24) is 10.3 Å². The minimum absolute atomic E-state index is 0.192. The fourth-order valence-electron chi connectivity index (χ4n) is 5.55. The van der Waals surface area contributed by atoms with Crippen molar-refractivity contribution in [3.8, 4) is 17.1 Å². The van der Waals surface area contributed by atoms with Gasteiger partial charge in [0.15, 0.2) is 5.76 Å². The zero-order valence-corrected chi connectivity index (χ0v) is 21.6. The highest BCUT2D eigenvalue weighted by atomic mass is 19.4. The van der Waals surface area contributed by atoms with Gasteiger partial charge >= 0.3 is 6.36 Å². The fourth-order valence-corrected chi connectivity index (χ4v) is 5.55. The zero-order chi connectivity index (χ0) is 26.5. The van der Waals surface area contributed by atoms with E-state index in [1.165, 1.54) is 41.9 Å². The van der Waals surface area contributed by atoms with Crippen molar-refractivity contribution in [3.05, 3.63) is 60.3 Å². The van der Waals surface area contributed by atoms with Gasteiger partial charge in [0.1, 0.15) is 5.75 Å². The van der Waals surface area contributed by atoms with Gasteiger partial charge in [0.2, 0.25) is 0 Å². The molecular weight excluding hydrogens is 493 g/mol. The summed E-state index contributed by atoms with van der Waals surface area (Å²) < 4.78 is 47.1. The molecule has 0 bridgehead atoms. The van der Waals surface area contributed by atoms with E-state index in [0.717, 1.165) is 51.6 Å². The molecule has 2 aromatic carbocycles. The second-order valence-corrected chi connectivity index (χ2v) is 10.2. The Kier molecular flexibility index (Phi) is 8.12. The average Bonchev–Trinajstić information content (AvgIpc) is 3.38. The first-order chi connectivity index (χ1) is 18.4. The number of nitrogens with zero attached hydrogens (tertiary/aromatic N) is 2. The van der Waals surface area contributed by atoms with Crippen molar-refractivity contribution in [1.29, 1.82) is 0 Å². The number of rotatable bonds is 8. The smallest absolute Gasteiger partial charge is 0.424 e. The topological polar surface area (TPSA) is 62.6 Å². The van der Waals surface area contributed by atoms with Gasteiger partial charge in [-0.1, -0.05) is 31.9 Å². The van der Waals surface area contributed by atoms with Crippen molar-refractivity contribution >= 4 is 11.7 Å². The molecule has 2 aliphatic rings. The van der Waals surface area contributed by atoms with Gasteiger partial charge in [-0.25, -0.2) is 4.98 Å². The lowest BCUT2D eigenvalue weighted by Gasteiger charge is -2.40. The standard InChI is InChI=1S/C29H35F3N4O2/c1-2-20-9-13-23(14-10-20)36-17-5-6-22(19-36)34-25-7-3-4-8-26(25)35-28-33-18-27(37-28)21-11-15-24(16-12-21)38-29(30,31)32/h9-16,18,22,25-26,34H,2-8,17,19H2,1H3,(H,33,35). The molecule has 1 saturated carbocycles. The summed E-state index contributed by atoms with van der Waals surface area (Å²) in [4.78, 5) is 6.87. The summed E-state index contributed by atoms with van der Waals surface area (Å²) in [5, 5.41) is 7.42. The molecule has 3 unspecified atom stereocenters. The maximum atomic E-state index is 12.4. The molecule has 0 spiro atoms. The van der Waals surface area contributed by atoms with E-state index in [1.807, 2.05) is 0 Å². The Morgan fingerprint density at radius 3 is 2.42 bits per heavy atom. The number of hydrogen-bond donors (Lipinski definition) is 2. The van der Waals surface area contributed by atoms with Crippen LogP contribution in [0.1, 0.15) is 51.0 Å². The second kappa shape index (κ2) is 11.7. The van der Waals surface area contributed by atoms with E-state index < -0.39 is 6.36 Å². The van der Waals surface area contributed by atoms with Crippen LogP contribution in [0.25, 0.3) is 11.3 Å². The number of benzene rings is 2. The number of piperidine rings is 1.